The van der Waals surface area contributed by atoms with Crippen LogP contribution >= 0.6 is 0 Å². The summed E-state index contributed by atoms with van der Waals surface area (Å²) in [6.07, 6.45) is 6.16. The molecule has 1 aromatic rings. The predicted molar refractivity (Wildman–Crippen MR) is 94.0 cm³/mol. The van der Waals surface area contributed by atoms with Crippen LogP contribution < -0.4 is 10.1 Å². The van der Waals surface area contributed by atoms with Gasteiger partial charge in [-0.2, -0.15) is 0 Å². The minimum Gasteiger partial charge on any atom is -0.493 e. The number of benzene rings is 1. The van der Waals surface area contributed by atoms with Gasteiger partial charge in [-0.3, -0.25) is 9.59 Å². The molecule has 1 N–H and O–H groups in total. The lowest BCUT2D eigenvalue weighted by Gasteiger charge is -2.24. The first-order chi connectivity index (χ1) is 12.2. The summed E-state index contributed by atoms with van der Waals surface area (Å²) in [6, 6.07) is 7.57. The Morgan fingerprint density at radius 2 is 1.92 bits per heavy atom. The lowest BCUT2D eigenvalue weighted by atomic mass is 10.1. The average Bonchev–Trinajstić information content (AvgIpc) is 3.56. The highest BCUT2D eigenvalue weighted by atomic mass is 16.5. The van der Waals surface area contributed by atoms with Gasteiger partial charge < -0.3 is 15.0 Å². The quantitative estimate of drug-likeness (QED) is 0.828. The zero-order valence-electron chi connectivity index (χ0n) is 14.6. The van der Waals surface area contributed by atoms with Crippen molar-refractivity contribution in [1.29, 1.82) is 0 Å². The van der Waals surface area contributed by atoms with Crippen LogP contribution in [-0.2, 0) is 16.1 Å². The first-order valence-corrected chi connectivity index (χ1v) is 9.51. The Bertz CT molecular complexity index is 652. The summed E-state index contributed by atoms with van der Waals surface area (Å²) in [5, 5.41) is 3.02. The van der Waals surface area contributed by atoms with E-state index in [1.165, 1.54) is 12.8 Å². The molecule has 1 aliphatic heterocycles. The largest absolute Gasteiger partial charge is 0.493 e. The molecule has 1 saturated heterocycles. The molecule has 0 unspecified atom stereocenters. The van der Waals surface area contributed by atoms with E-state index >= 15 is 0 Å². The van der Waals surface area contributed by atoms with Crippen LogP contribution in [0.15, 0.2) is 24.3 Å². The summed E-state index contributed by atoms with van der Waals surface area (Å²) in [5.74, 6) is 1.86. The van der Waals surface area contributed by atoms with E-state index in [0.29, 0.717) is 19.0 Å². The van der Waals surface area contributed by atoms with Crippen LogP contribution in [0.3, 0.4) is 0 Å². The summed E-state index contributed by atoms with van der Waals surface area (Å²) in [7, 11) is 0. The molecule has 25 heavy (non-hydrogen) atoms. The minimum absolute atomic E-state index is 0.0384. The number of hydrogen-bond donors (Lipinski definition) is 1. The predicted octanol–water partition coefficient (Wildman–Crippen LogP) is 2.49. The van der Waals surface area contributed by atoms with E-state index in [4.69, 9.17) is 4.74 Å². The number of rotatable bonds is 7. The van der Waals surface area contributed by atoms with Gasteiger partial charge in [-0.05, 0) is 50.5 Å². The van der Waals surface area contributed by atoms with Gasteiger partial charge in [0, 0.05) is 24.6 Å². The highest BCUT2D eigenvalue weighted by Gasteiger charge is 2.40. The second-order valence-electron chi connectivity index (χ2n) is 7.54. The molecule has 4 rings (SSSR count). The molecule has 3 fully saturated rings. The molecule has 2 saturated carbocycles. The van der Waals surface area contributed by atoms with E-state index in [-0.39, 0.29) is 23.8 Å². The molecular weight excluding hydrogens is 316 g/mol. The minimum atomic E-state index is -0.298. The lowest BCUT2D eigenvalue weighted by Crippen LogP contribution is -2.46. The van der Waals surface area contributed by atoms with Gasteiger partial charge in [0.15, 0.2) is 0 Å². The molecule has 5 nitrogen and oxygen atoms in total. The number of likely N-dealkylation sites (tertiary alicyclic amines) is 1. The molecule has 2 amide bonds. The highest BCUT2D eigenvalue weighted by molar-refractivity contribution is 5.90. The normalized spacial score (nSPS) is 22.7. The maximum atomic E-state index is 12.6. The second kappa shape index (κ2) is 7.06. The summed E-state index contributed by atoms with van der Waals surface area (Å²) in [5.41, 5.74) is 0.995. The van der Waals surface area contributed by atoms with Crippen molar-refractivity contribution in [3.63, 3.8) is 0 Å². The molecule has 1 aromatic carbocycles. The van der Waals surface area contributed by atoms with Crippen LogP contribution in [0.4, 0.5) is 0 Å². The topological polar surface area (TPSA) is 58.6 Å². The molecule has 0 spiro atoms. The zero-order chi connectivity index (χ0) is 17.2. The van der Waals surface area contributed by atoms with Crippen molar-refractivity contribution in [3.8, 4) is 5.75 Å². The van der Waals surface area contributed by atoms with E-state index in [1.807, 2.05) is 24.3 Å². The van der Waals surface area contributed by atoms with Crippen LogP contribution in [0.1, 0.15) is 44.1 Å². The number of nitrogens with zero attached hydrogens (tertiary/aromatic N) is 1. The van der Waals surface area contributed by atoms with E-state index in [0.717, 1.165) is 43.6 Å². The van der Waals surface area contributed by atoms with Crippen molar-refractivity contribution >= 4 is 11.8 Å². The number of carbonyl (C=O) groups is 2. The Hall–Kier alpha value is -2.04. The molecule has 134 valence electrons. The van der Waals surface area contributed by atoms with Crippen LogP contribution in [0.2, 0.25) is 0 Å². The molecule has 1 heterocycles. The first-order valence-electron chi connectivity index (χ1n) is 9.51. The van der Waals surface area contributed by atoms with Gasteiger partial charge in [-0.1, -0.05) is 18.2 Å². The average molecular weight is 342 g/mol. The summed E-state index contributed by atoms with van der Waals surface area (Å²) in [6.45, 7) is 1.92. The zero-order valence-corrected chi connectivity index (χ0v) is 14.6. The Labute approximate surface area is 148 Å². The number of hydrogen-bond acceptors (Lipinski definition) is 3. The smallest absolute Gasteiger partial charge is 0.243 e. The molecule has 2 aliphatic carbocycles. The maximum Gasteiger partial charge on any atom is 0.243 e. The Morgan fingerprint density at radius 3 is 2.68 bits per heavy atom. The Morgan fingerprint density at radius 1 is 1.12 bits per heavy atom. The van der Waals surface area contributed by atoms with Gasteiger partial charge in [0.25, 0.3) is 0 Å². The van der Waals surface area contributed by atoms with Crippen molar-refractivity contribution in [2.45, 2.75) is 51.1 Å². The van der Waals surface area contributed by atoms with E-state index < -0.39 is 0 Å². The third-order valence-corrected chi connectivity index (χ3v) is 5.36. The highest BCUT2D eigenvalue weighted by Crippen LogP contribution is 2.34. The van der Waals surface area contributed by atoms with Gasteiger partial charge in [0.2, 0.25) is 11.8 Å². The number of carbonyl (C=O) groups excluding carboxylic acids is 2. The van der Waals surface area contributed by atoms with Crippen molar-refractivity contribution in [1.82, 2.24) is 10.2 Å². The summed E-state index contributed by atoms with van der Waals surface area (Å²) < 4.78 is 5.90. The first kappa shape index (κ1) is 16.4. The number of nitrogens with one attached hydrogen (secondary N) is 1. The molecule has 0 radical (unpaired) electrons. The van der Waals surface area contributed by atoms with Crippen molar-refractivity contribution in [2.24, 2.45) is 11.8 Å². The van der Waals surface area contributed by atoms with Crippen LogP contribution in [-0.4, -0.2) is 35.9 Å². The van der Waals surface area contributed by atoms with Gasteiger partial charge in [0.1, 0.15) is 11.8 Å². The van der Waals surface area contributed by atoms with E-state index in [2.05, 4.69) is 5.32 Å². The second-order valence-corrected chi connectivity index (χ2v) is 7.54. The van der Waals surface area contributed by atoms with Crippen LogP contribution in [0.25, 0.3) is 0 Å². The standard InChI is InChI=1S/C20H26N2O3/c23-19(17-5-3-11-22(17)20(24)15-9-10-15)21-12-16-4-1-2-6-18(16)25-13-14-7-8-14/h1-2,4,6,14-15,17H,3,5,7-13H2,(H,21,23)/t17-/m0/s1. The van der Waals surface area contributed by atoms with Gasteiger partial charge >= 0.3 is 0 Å². The van der Waals surface area contributed by atoms with Crippen molar-refractivity contribution in [2.75, 3.05) is 13.2 Å². The third-order valence-electron chi connectivity index (χ3n) is 5.36. The summed E-state index contributed by atoms with van der Waals surface area (Å²) in [4.78, 5) is 26.7. The van der Waals surface area contributed by atoms with Gasteiger partial charge in [-0.15, -0.1) is 0 Å². The molecular formula is C20H26N2O3. The lowest BCUT2D eigenvalue weighted by molar-refractivity contribution is -0.139. The molecule has 0 bridgehead atoms. The maximum absolute atomic E-state index is 12.6. The molecule has 5 heteroatoms. The SMILES string of the molecule is O=C(NCc1ccccc1OCC1CC1)[C@@H]1CCCN1C(=O)C1CC1. The third kappa shape index (κ3) is 3.97. The molecule has 3 aliphatic rings. The van der Waals surface area contributed by atoms with Crippen molar-refractivity contribution in [3.05, 3.63) is 29.8 Å². The van der Waals surface area contributed by atoms with Gasteiger partial charge in [0.05, 0.1) is 6.61 Å². The number of para-hydroxylation sites is 1. The van der Waals surface area contributed by atoms with E-state index in [9.17, 15) is 9.59 Å². The molecule has 0 aromatic heterocycles. The fourth-order valence-electron chi connectivity index (χ4n) is 3.45. The number of ether oxygens (including phenoxy) is 1. The van der Waals surface area contributed by atoms with E-state index in [1.54, 1.807) is 4.90 Å². The van der Waals surface area contributed by atoms with Gasteiger partial charge in [-0.25, -0.2) is 0 Å². The van der Waals surface area contributed by atoms with Crippen LogP contribution in [0.5, 0.6) is 5.75 Å². The van der Waals surface area contributed by atoms with Crippen LogP contribution in [0, 0.1) is 11.8 Å². The molecule has 1 atom stereocenters. The van der Waals surface area contributed by atoms with Crippen molar-refractivity contribution < 1.29 is 14.3 Å². The Kier molecular flexibility index (Phi) is 4.64. The fraction of sp³-hybridized carbons (Fsp3) is 0.600. The summed E-state index contributed by atoms with van der Waals surface area (Å²) >= 11 is 0. The Balaban J connectivity index is 1.34. The monoisotopic (exact) mass is 342 g/mol. The fourth-order valence-corrected chi connectivity index (χ4v) is 3.45. The number of amides is 2.